The molecule has 0 aliphatic carbocycles. The molecule has 1 amide bonds. The summed E-state index contributed by atoms with van der Waals surface area (Å²) in [5.41, 5.74) is 1.93. The molecule has 2 rings (SSSR count). The molecule has 2 aromatic rings. The lowest BCUT2D eigenvalue weighted by Gasteiger charge is -2.09. The van der Waals surface area contributed by atoms with Crippen LogP contribution in [0.4, 0.5) is 0 Å². The zero-order chi connectivity index (χ0) is 13.0. The van der Waals surface area contributed by atoms with Gasteiger partial charge in [-0.05, 0) is 30.7 Å². The van der Waals surface area contributed by atoms with Crippen LogP contribution in [-0.4, -0.2) is 13.0 Å². The van der Waals surface area contributed by atoms with Gasteiger partial charge >= 0.3 is 0 Å². The summed E-state index contributed by atoms with van der Waals surface area (Å²) in [7, 11) is 1.65. The first-order chi connectivity index (χ1) is 8.72. The van der Waals surface area contributed by atoms with Crippen LogP contribution < -0.4 is 5.32 Å². The van der Waals surface area contributed by atoms with Crippen molar-refractivity contribution in [2.45, 2.75) is 16.7 Å². The number of rotatable bonds is 3. The molecule has 92 valence electrons. The first-order valence-electron chi connectivity index (χ1n) is 5.77. The quantitative estimate of drug-likeness (QED) is 0.911. The minimum absolute atomic E-state index is 0.0494. The van der Waals surface area contributed by atoms with Gasteiger partial charge < -0.3 is 5.32 Å². The lowest BCUT2D eigenvalue weighted by Crippen LogP contribution is -2.18. The summed E-state index contributed by atoms with van der Waals surface area (Å²) >= 11 is 1.62. The van der Waals surface area contributed by atoms with E-state index in [9.17, 15) is 4.79 Å². The van der Waals surface area contributed by atoms with Gasteiger partial charge in [0.2, 0.25) is 0 Å². The summed E-state index contributed by atoms with van der Waals surface area (Å²) in [4.78, 5) is 13.9. The average molecular weight is 257 g/mol. The molecule has 0 saturated carbocycles. The van der Waals surface area contributed by atoms with Crippen molar-refractivity contribution in [2.75, 3.05) is 7.05 Å². The van der Waals surface area contributed by atoms with Crippen molar-refractivity contribution in [1.29, 1.82) is 0 Å². The van der Waals surface area contributed by atoms with Crippen molar-refractivity contribution in [3.63, 3.8) is 0 Å². The predicted molar refractivity (Wildman–Crippen MR) is 75.1 cm³/mol. The summed E-state index contributed by atoms with van der Waals surface area (Å²) in [5, 5.41) is 2.67. The maximum Gasteiger partial charge on any atom is 0.252 e. The second kappa shape index (κ2) is 5.74. The summed E-state index contributed by atoms with van der Waals surface area (Å²) < 4.78 is 0. The Kier molecular flexibility index (Phi) is 4.05. The molecule has 1 N–H and O–H groups in total. The first-order valence-corrected chi connectivity index (χ1v) is 6.58. The minimum atomic E-state index is -0.0494. The van der Waals surface area contributed by atoms with Crippen LogP contribution in [-0.2, 0) is 0 Å². The van der Waals surface area contributed by atoms with E-state index in [4.69, 9.17) is 0 Å². The molecule has 3 heteroatoms. The van der Waals surface area contributed by atoms with Gasteiger partial charge in [-0.2, -0.15) is 0 Å². The number of nitrogens with one attached hydrogen (secondary N) is 1. The molecule has 2 aromatic carbocycles. The zero-order valence-electron chi connectivity index (χ0n) is 10.4. The summed E-state index contributed by atoms with van der Waals surface area (Å²) in [5.74, 6) is -0.0494. The molecule has 0 atom stereocenters. The maximum absolute atomic E-state index is 11.8. The van der Waals surface area contributed by atoms with Gasteiger partial charge in [0.1, 0.15) is 0 Å². The van der Waals surface area contributed by atoms with Crippen LogP contribution in [0.5, 0.6) is 0 Å². The molecule has 0 aromatic heterocycles. The van der Waals surface area contributed by atoms with Gasteiger partial charge in [0, 0.05) is 16.8 Å². The predicted octanol–water partition coefficient (Wildman–Crippen LogP) is 3.51. The van der Waals surface area contributed by atoms with Crippen LogP contribution in [0.25, 0.3) is 0 Å². The van der Waals surface area contributed by atoms with Crippen molar-refractivity contribution in [3.05, 3.63) is 59.7 Å². The minimum Gasteiger partial charge on any atom is -0.355 e. The standard InChI is InChI=1S/C15H15NOS/c1-11-7-3-5-9-13(11)18-14-10-6-4-8-12(14)15(17)16-2/h3-10H,1-2H3,(H,16,17). The van der Waals surface area contributed by atoms with E-state index >= 15 is 0 Å². The molecule has 0 heterocycles. The summed E-state index contributed by atoms with van der Waals surface area (Å²) in [6.07, 6.45) is 0. The van der Waals surface area contributed by atoms with E-state index in [0.717, 1.165) is 4.90 Å². The zero-order valence-corrected chi connectivity index (χ0v) is 11.3. The third kappa shape index (κ3) is 2.74. The van der Waals surface area contributed by atoms with Gasteiger partial charge in [-0.1, -0.05) is 42.1 Å². The lowest BCUT2D eigenvalue weighted by molar-refractivity contribution is 0.0960. The molecule has 0 radical (unpaired) electrons. The Morgan fingerprint density at radius 1 is 1.00 bits per heavy atom. The number of amides is 1. The fourth-order valence-electron chi connectivity index (χ4n) is 1.67. The number of carbonyl (C=O) groups is 1. The number of benzene rings is 2. The first kappa shape index (κ1) is 12.7. The SMILES string of the molecule is CNC(=O)c1ccccc1Sc1ccccc1C. The Balaban J connectivity index is 2.35. The van der Waals surface area contributed by atoms with Crippen molar-refractivity contribution in [3.8, 4) is 0 Å². The van der Waals surface area contributed by atoms with E-state index in [-0.39, 0.29) is 5.91 Å². The number of carbonyl (C=O) groups excluding carboxylic acids is 1. The molecule has 0 saturated heterocycles. The highest BCUT2D eigenvalue weighted by Crippen LogP contribution is 2.32. The Labute approximate surface area is 111 Å². The molecular formula is C15H15NOS. The van der Waals surface area contributed by atoms with Crippen molar-refractivity contribution >= 4 is 17.7 Å². The molecular weight excluding hydrogens is 242 g/mol. The average Bonchev–Trinajstić information content (AvgIpc) is 2.41. The Morgan fingerprint density at radius 2 is 1.61 bits per heavy atom. The molecule has 2 nitrogen and oxygen atoms in total. The number of hydrogen-bond acceptors (Lipinski definition) is 2. The van der Waals surface area contributed by atoms with E-state index in [2.05, 4.69) is 24.4 Å². The van der Waals surface area contributed by atoms with Crippen LogP contribution >= 0.6 is 11.8 Å². The smallest absolute Gasteiger partial charge is 0.252 e. The fraction of sp³-hybridized carbons (Fsp3) is 0.133. The molecule has 0 aliphatic heterocycles. The topological polar surface area (TPSA) is 29.1 Å². The molecule has 0 spiro atoms. The molecule has 0 aliphatic rings. The van der Waals surface area contributed by atoms with Crippen LogP contribution in [0, 0.1) is 6.92 Å². The highest BCUT2D eigenvalue weighted by Gasteiger charge is 2.10. The Morgan fingerprint density at radius 3 is 2.28 bits per heavy atom. The van der Waals surface area contributed by atoms with Crippen LogP contribution in [0.2, 0.25) is 0 Å². The van der Waals surface area contributed by atoms with Crippen LogP contribution in [0.1, 0.15) is 15.9 Å². The van der Waals surface area contributed by atoms with Crippen LogP contribution in [0.15, 0.2) is 58.3 Å². The highest BCUT2D eigenvalue weighted by molar-refractivity contribution is 7.99. The maximum atomic E-state index is 11.8. The second-order valence-electron chi connectivity index (χ2n) is 3.94. The molecule has 18 heavy (non-hydrogen) atoms. The molecule has 0 unspecified atom stereocenters. The Bertz CT molecular complexity index is 566. The van der Waals surface area contributed by atoms with Crippen molar-refractivity contribution in [2.24, 2.45) is 0 Å². The normalized spacial score (nSPS) is 10.1. The third-order valence-corrected chi connectivity index (χ3v) is 3.93. The number of aryl methyl sites for hydroxylation is 1. The van der Waals surface area contributed by atoms with E-state index in [1.807, 2.05) is 36.4 Å². The largest absolute Gasteiger partial charge is 0.355 e. The number of hydrogen-bond donors (Lipinski definition) is 1. The van der Waals surface area contributed by atoms with E-state index in [1.54, 1.807) is 18.8 Å². The van der Waals surface area contributed by atoms with Gasteiger partial charge in [0.15, 0.2) is 0 Å². The van der Waals surface area contributed by atoms with Crippen molar-refractivity contribution < 1.29 is 4.79 Å². The van der Waals surface area contributed by atoms with Gasteiger partial charge in [0.25, 0.3) is 5.91 Å². The van der Waals surface area contributed by atoms with Gasteiger partial charge in [-0.15, -0.1) is 0 Å². The van der Waals surface area contributed by atoms with Crippen molar-refractivity contribution in [1.82, 2.24) is 5.32 Å². The monoisotopic (exact) mass is 257 g/mol. The van der Waals surface area contributed by atoms with Gasteiger partial charge in [-0.3, -0.25) is 4.79 Å². The molecule has 0 fully saturated rings. The lowest BCUT2D eigenvalue weighted by atomic mass is 10.2. The summed E-state index contributed by atoms with van der Waals surface area (Å²) in [6.45, 7) is 2.07. The van der Waals surface area contributed by atoms with E-state index < -0.39 is 0 Å². The van der Waals surface area contributed by atoms with Crippen LogP contribution in [0.3, 0.4) is 0 Å². The van der Waals surface area contributed by atoms with E-state index in [1.165, 1.54) is 10.5 Å². The highest BCUT2D eigenvalue weighted by atomic mass is 32.2. The summed E-state index contributed by atoms with van der Waals surface area (Å²) in [6, 6.07) is 15.8. The second-order valence-corrected chi connectivity index (χ2v) is 5.03. The van der Waals surface area contributed by atoms with E-state index in [0.29, 0.717) is 5.56 Å². The van der Waals surface area contributed by atoms with Gasteiger partial charge in [0.05, 0.1) is 5.56 Å². The fourth-order valence-corrected chi connectivity index (χ4v) is 2.70. The third-order valence-electron chi connectivity index (χ3n) is 2.67. The molecule has 0 bridgehead atoms. The Hall–Kier alpha value is -1.74. The van der Waals surface area contributed by atoms with Gasteiger partial charge in [-0.25, -0.2) is 0 Å².